The molecule has 0 atom stereocenters. The fourth-order valence-electron chi connectivity index (χ4n) is 2.95. The molecule has 4 rings (SSSR count). The molecule has 27 heavy (non-hydrogen) atoms. The van der Waals surface area contributed by atoms with Crippen LogP contribution in [0.15, 0.2) is 48.5 Å². The summed E-state index contributed by atoms with van der Waals surface area (Å²) in [5, 5.41) is 4.19. The average Bonchev–Trinajstić information content (AvgIpc) is 3.25. The van der Waals surface area contributed by atoms with Gasteiger partial charge in [-0.3, -0.25) is 4.79 Å². The molecule has 3 N–H and O–H groups in total. The summed E-state index contributed by atoms with van der Waals surface area (Å²) in [5.74, 6) is -1.12. The molecule has 2 aromatic heterocycles. The summed E-state index contributed by atoms with van der Waals surface area (Å²) in [6.45, 7) is 2.04. The first kappa shape index (κ1) is 16.8. The summed E-state index contributed by atoms with van der Waals surface area (Å²) in [5.41, 5.74) is 2.70. The smallest absolute Gasteiger partial charge is 0.354 e. The number of rotatable bonds is 4. The highest BCUT2D eigenvalue weighted by Gasteiger charge is 2.13. The maximum atomic E-state index is 13.3. The molecule has 0 spiro atoms. The van der Waals surface area contributed by atoms with Crippen LogP contribution < -0.4 is 5.32 Å². The van der Waals surface area contributed by atoms with Crippen molar-refractivity contribution >= 4 is 39.4 Å². The highest BCUT2D eigenvalue weighted by molar-refractivity contribution is 6.07. The third kappa shape index (κ3) is 3.27. The molecule has 0 unspecified atom stereocenters. The number of hydrogen-bond acceptors (Lipinski definition) is 3. The second kappa shape index (κ2) is 6.60. The van der Waals surface area contributed by atoms with E-state index in [1.54, 1.807) is 43.3 Å². The van der Waals surface area contributed by atoms with Crippen molar-refractivity contribution in [2.75, 3.05) is 11.9 Å². The van der Waals surface area contributed by atoms with Crippen LogP contribution in [0.5, 0.6) is 0 Å². The number of aromatic amines is 2. The number of aromatic nitrogens is 2. The third-order valence-electron chi connectivity index (χ3n) is 4.20. The van der Waals surface area contributed by atoms with Gasteiger partial charge in [0.1, 0.15) is 17.2 Å². The van der Waals surface area contributed by atoms with Gasteiger partial charge in [0.05, 0.1) is 6.61 Å². The second-order valence-corrected chi connectivity index (χ2v) is 6.07. The number of amides is 1. The zero-order chi connectivity index (χ0) is 19.0. The number of anilines is 1. The van der Waals surface area contributed by atoms with E-state index in [2.05, 4.69) is 15.3 Å². The molecule has 7 heteroatoms. The van der Waals surface area contributed by atoms with E-state index in [4.69, 9.17) is 4.74 Å². The van der Waals surface area contributed by atoms with Crippen molar-refractivity contribution in [3.05, 3.63) is 65.7 Å². The molecule has 0 saturated carbocycles. The van der Waals surface area contributed by atoms with Gasteiger partial charge >= 0.3 is 5.97 Å². The molecule has 0 aliphatic carbocycles. The summed E-state index contributed by atoms with van der Waals surface area (Å²) in [6, 6.07) is 12.8. The van der Waals surface area contributed by atoms with Crippen molar-refractivity contribution in [1.29, 1.82) is 0 Å². The molecule has 1 amide bonds. The van der Waals surface area contributed by atoms with E-state index >= 15 is 0 Å². The number of ether oxygens (including phenoxy) is 1. The van der Waals surface area contributed by atoms with Gasteiger partial charge in [-0.25, -0.2) is 9.18 Å². The summed E-state index contributed by atoms with van der Waals surface area (Å²) < 4.78 is 18.3. The first-order valence-corrected chi connectivity index (χ1v) is 8.43. The highest BCUT2D eigenvalue weighted by Crippen LogP contribution is 2.22. The molecule has 6 nitrogen and oxygen atoms in total. The van der Waals surface area contributed by atoms with Crippen LogP contribution in [0.25, 0.3) is 21.8 Å². The molecular weight excluding hydrogens is 349 g/mol. The number of hydrogen-bond donors (Lipinski definition) is 3. The van der Waals surface area contributed by atoms with Gasteiger partial charge in [0.2, 0.25) is 0 Å². The molecule has 0 aliphatic heterocycles. The molecule has 4 aromatic rings. The first-order valence-electron chi connectivity index (χ1n) is 8.43. The van der Waals surface area contributed by atoms with Crippen LogP contribution >= 0.6 is 0 Å². The number of carbonyl (C=O) groups excluding carboxylic acids is 2. The zero-order valence-electron chi connectivity index (χ0n) is 14.4. The Labute approximate surface area is 153 Å². The Morgan fingerprint density at radius 3 is 2.41 bits per heavy atom. The van der Waals surface area contributed by atoms with E-state index in [1.165, 1.54) is 12.1 Å². The van der Waals surface area contributed by atoms with Gasteiger partial charge in [-0.2, -0.15) is 0 Å². The zero-order valence-corrected chi connectivity index (χ0v) is 14.4. The summed E-state index contributed by atoms with van der Waals surface area (Å²) >= 11 is 0. The van der Waals surface area contributed by atoms with Crippen LogP contribution in [0.1, 0.15) is 27.9 Å². The Bertz CT molecular complexity index is 1180. The molecule has 2 aromatic carbocycles. The second-order valence-electron chi connectivity index (χ2n) is 6.07. The Kier molecular flexibility index (Phi) is 4.12. The molecule has 0 bridgehead atoms. The Morgan fingerprint density at radius 2 is 1.63 bits per heavy atom. The van der Waals surface area contributed by atoms with Crippen molar-refractivity contribution in [2.24, 2.45) is 0 Å². The number of H-pyrrole nitrogens is 2. The topological polar surface area (TPSA) is 87.0 Å². The molecule has 136 valence electrons. The van der Waals surface area contributed by atoms with Crippen LogP contribution in [0, 0.1) is 5.82 Å². The molecule has 0 radical (unpaired) electrons. The Balaban J connectivity index is 1.58. The summed E-state index contributed by atoms with van der Waals surface area (Å²) in [4.78, 5) is 30.3. The van der Waals surface area contributed by atoms with Gasteiger partial charge in [-0.05, 0) is 55.5 Å². The molecular formula is C20H16FN3O3. The SMILES string of the molecule is CCOC(=O)c1cc2cc(NC(=O)c3cc4cc(F)ccc4[nH]3)ccc2[nH]1. The first-order chi connectivity index (χ1) is 13.0. The number of fused-ring (bicyclic) bond motifs is 2. The minimum Gasteiger partial charge on any atom is -0.461 e. The summed E-state index contributed by atoms with van der Waals surface area (Å²) in [6.07, 6.45) is 0. The predicted octanol–water partition coefficient (Wildman–Crippen LogP) is 4.22. The molecule has 0 saturated heterocycles. The quantitative estimate of drug-likeness (QED) is 0.473. The molecule has 0 fully saturated rings. The fraction of sp³-hybridized carbons (Fsp3) is 0.100. The minimum atomic E-state index is -0.426. The number of nitrogens with one attached hydrogen (secondary N) is 3. The maximum absolute atomic E-state index is 13.3. The van der Waals surface area contributed by atoms with Gasteiger partial charge in [0.15, 0.2) is 0 Å². The lowest BCUT2D eigenvalue weighted by Crippen LogP contribution is -2.11. The van der Waals surface area contributed by atoms with E-state index < -0.39 is 5.97 Å². The van der Waals surface area contributed by atoms with Crippen molar-refractivity contribution in [2.45, 2.75) is 6.92 Å². The fourth-order valence-corrected chi connectivity index (χ4v) is 2.95. The van der Waals surface area contributed by atoms with Gasteiger partial charge in [0.25, 0.3) is 5.91 Å². The van der Waals surface area contributed by atoms with Gasteiger partial charge in [-0.15, -0.1) is 0 Å². The van der Waals surface area contributed by atoms with E-state index in [1.807, 2.05) is 0 Å². The average molecular weight is 365 g/mol. The van der Waals surface area contributed by atoms with E-state index in [-0.39, 0.29) is 11.7 Å². The normalized spacial score (nSPS) is 11.0. The Morgan fingerprint density at radius 1 is 0.963 bits per heavy atom. The van der Waals surface area contributed by atoms with E-state index in [0.29, 0.717) is 34.6 Å². The predicted molar refractivity (Wildman–Crippen MR) is 100 cm³/mol. The minimum absolute atomic E-state index is 0.296. The van der Waals surface area contributed by atoms with Crippen LogP contribution in [-0.4, -0.2) is 28.5 Å². The van der Waals surface area contributed by atoms with E-state index in [9.17, 15) is 14.0 Å². The standard InChI is InChI=1S/C20H16FN3O3/c1-2-27-20(26)18-10-12-8-14(4-6-16(12)24-18)22-19(25)17-9-11-7-13(21)3-5-15(11)23-17/h3-10,23-24H,2H2,1H3,(H,22,25). The van der Waals surface area contributed by atoms with Crippen LogP contribution in [0.2, 0.25) is 0 Å². The van der Waals surface area contributed by atoms with Crippen LogP contribution in [0.3, 0.4) is 0 Å². The lowest BCUT2D eigenvalue weighted by molar-refractivity contribution is 0.0520. The molecule has 0 aliphatic rings. The summed E-state index contributed by atoms with van der Waals surface area (Å²) in [7, 11) is 0. The van der Waals surface area contributed by atoms with Crippen molar-refractivity contribution in [3.8, 4) is 0 Å². The van der Waals surface area contributed by atoms with Gasteiger partial charge < -0.3 is 20.0 Å². The lowest BCUT2D eigenvalue weighted by Gasteiger charge is -2.03. The molecule has 2 heterocycles. The number of esters is 1. The van der Waals surface area contributed by atoms with Crippen LogP contribution in [-0.2, 0) is 4.74 Å². The van der Waals surface area contributed by atoms with Gasteiger partial charge in [0, 0.05) is 27.5 Å². The Hall–Kier alpha value is -3.61. The number of carbonyl (C=O) groups is 2. The maximum Gasteiger partial charge on any atom is 0.354 e. The van der Waals surface area contributed by atoms with E-state index in [0.717, 1.165) is 10.9 Å². The lowest BCUT2D eigenvalue weighted by atomic mass is 10.2. The van der Waals surface area contributed by atoms with Crippen LogP contribution in [0.4, 0.5) is 10.1 Å². The number of benzene rings is 2. The van der Waals surface area contributed by atoms with Crippen molar-refractivity contribution < 1.29 is 18.7 Å². The highest BCUT2D eigenvalue weighted by atomic mass is 19.1. The third-order valence-corrected chi connectivity index (χ3v) is 4.20. The monoisotopic (exact) mass is 365 g/mol. The van der Waals surface area contributed by atoms with Crippen molar-refractivity contribution in [3.63, 3.8) is 0 Å². The van der Waals surface area contributed by atoms with Gasteiger partial charge in [-0.1, -0.05) is 0 Å². The van der Waals surface area contributed by atoms with Crippen molar-refractivity contribution in [1.82, 2.24) is 9.97 Å². The number of halogens is 1. The largest absolute Gasteiger partial charge is 0.461 e.